The number of nitrogens with one attached hydrogen (secondary N) is 1. The molecule has 0 unspecified atom stereocenters. The van der Waals surface area contributed by atoms with Gasteiger partial charge in [-0.15, -0.1) is 11.3 Å². The fourth-order valence-corrected chi connectivity index (χ4v) is 3.10. The van der Waals surface area contributed by atoms with Crippen molar-refractivity contribution in [2.45, 2.75) is 6.42 Å². The maximum absolute atomic E-state index is 11.9. The minimum absolute atomic E-state index is 0.193. The standard InChI is InChI=1S/C15H13BrN2O2S/c16-14-6-4-12(21-14)7-8-17-15(20)13-5-3-11(10-18-13)2-1-9-19/h3-6,10,19H,7-9H2,(H,17,20). The van der Waals surface area contributed by atoms with Crippen LogP contribution in [0.3, 0.4) is 0 Å². The van der Waals surface area contributed by atoms with Crippen molar-refractivity contribution in [3.05, 3.63) is 50.4 Å². The highest BCUT2D eigenvalue weighted by Crippen LogP contribution is 2.22. The summed E-state index contributed by atoms with van der Waals surface area (Å²) in [5, 5.41) is 11.4. The van der Waals surface area contributed by atoms with Crippen LogP contribution in [0.25, 0.3) is 0 Å². The molecule has 2 aromatic rings. The average Bonchev–Trinajstić information content (AvgIpc) is 2.91. The summed E-state index contributed by atoms with van der Waals surface area (Å²) in [5.74, 6) is 5.06. The molecular weight excluding hydrogens is 352 g/mol. The molecule has 2 N–H and O–H groups in total. The monoisotopic (exact) mass is 364 g/mol. The highest BCUT2D eigenvalue weighted by molar-refractivity contribution is 9.11. The second kappa shape index (κ2) is 7.93. The zero-order valence-corrected chi connectivity index (χ0v) is 13.5. The van der Waals surface area contributed by atoms with Crippen LogP contribution >= 0.6 is 27.3 Å². The molecule has 2 heterocycles. The van der Waals surface area contributed by atoms with E-state index < -0.39 is 0 Å². The van der Waals surface area contributed by atoms with E-state index in [2.05, 4.69) is 38.1 Å². The summed E-state index contributed by atoms with van der Waals surface area (Å²) >= 11 is 5.07. The summed E-state index contributed by atoms with van der Waals surface area (Å²) in [6.07, 6.45) is 2.32. The van der Waals surface area contributed by atoms with Crippen LogP contribution in [0.2, 0.25) is 0 Å². The number of rotatable bonds is 4. The van der Waals surface area contributed by atoms with E-state index in [1.54, 1.807) is 23.5 Å². The van der Waals surface area contributed by atoms with Crippen molar-refractivity contribution in [2.24, 2.45) is 0 Å². The van der Waals surface area contributed by atoms with Crippen LogP contribution in [-0.4, -0.2) is 29.1 Å². The van der Waals surface area contributed by atoms with Gasteiger partial charge in [0.05, 0.1) is 3.79 Å². The van der Waals surface area contributed by atoms with Gasteiger partial charge in [0.1, 0.15) is 12.3 Å². The van der Waals surface area contributed by atoms with Gasteiger partial charge in [0.25, 0.3) is 5.91 Å². The minimum Gasteiger partial charge on any atom is -0.384 e. The molecule has 0 atom stereocenters. The van der Waals surface area contributed by atoms with E-state index in [0.29, 0.717) is 17.8 Å². The molecule has 0 radical (unpaired) electrons. The van der Waals surface area contributed by atoms with Crippen LogP contribution in [-0.2, 0) is 6.42 Å². The second-order valence-corrected chi connectivity index (χ2v) is 6.65. The Labute approximate surface area is 135 Å². The number of carbonyl (C=O) groups is 1. The molecule has 0 aromatic carbocycles. The Kier molecular flexibility index (Phi) is 5.93. The first-order chi connectivity index (χ1) is 10.2. The predicted molar refractivity (Wildman–Crippen MR) is 86.3 cm³/mol. The first-order valence-electron chi connectivity index (χ1n) is 6.27. The first-order valence-corrected chi connectivity index (χ1v) is 7.88. The molecule has 0 fully saturated rings. The zero-order chi connectivity index (χ0) is 15.1. The van der Waals surface area contributed by atoms with E-state index in [0.717, 1.165) is 10.2 Å². The maximum Gasteiger partial charge on any atom is 0.269 e. The molecule has 0 saturated carbocycles. The van der Waals surface area contributed by atoms with Gasteiger partial charge in [0.2, 0.25) is 0 Å². The first kappa shape index (κ1) is 15.7. The Bertz CT molecular complexity index is 671. The molecule has 1 amide bonds. The molecule has 0 aliphatic carbocycles. The molecule has 2 aromatic heterocycles. The third kappa shape index (κ3) is 4.97. The van der Waals surface area contributed by atoms with E-state index in [-0.39, 0.29) is 12.5 Å². The lowest BCUT2D eigenvalue weighted by Gasteiger charge is -2.03. The zero-order valence-electron chi connectivity index (χ0n) is 11.1. The second-order valence-electron chi connectivity index (χ2n) is 4.10. The van der Waals surface area contributed by atoms with E-state index >= 15 is 0 Å². The normalized spacial score (nSPS) is 9.81. The topological polar surface area (TPSA) is 62.2 Å². The summed E-state index contributed by atoms with van der Waals surface area (Å²) in [6.45, 7) is 0.376. The van der Waals surface area contributed by atoms with Gasteiger partial charge in [-0.1, -0.05) is 11.8 Å². The molecule has 2 rings (SSSR count). The summed E-state index contributed by atoms with van der Waals surface area (Å²) in [4.78, 5) is 17.2. The van der Waals surface area contributed by atoms with Gasteiger partial charge in [0, 0.05) is 23.2 Å². The number of halogens is 1. The predicted octanol–water partition coefficient (Wildman–Crippen LogP) is 2.22. The summed E-state index contributed by atoms with van der Waals surface area (Å²) in [7, 11) is 0. The van der Waals surface area contributed by atoms with Gasteiger partial charge in [-0.05, 0) is 46.6 Å². The quantitative estimate of drug-likeness (QED) is 0.817. The maximum atomic E-state index is 11.9. The van der Waals surface area contributed by atoms with E-state index in [1.165, 1.54) is 11.1 Å². The lowest BCUT2D eigenvalue weighted by molar-refractivity contribution is 0.0949. The molecule has 0 aliphatic heterocycles. The molecular formula is C15H13BrN2O2S. The number of aromatic nitrogens is 1. The molecule has 0 saturated heterocycles. The lowest BCUT2D eigenvalue weighted by Crippen LogP contribution is -2.26. The Balaban J connectivity index is 1.85. The minimum atomic E-state index is -0.202. The number of pyridine rings is 1. The van der Waals surface area contributed by atoms with E-state index in [4.69, 9.17) is 5.11 Å². The Hall–Kier alpha value is -1.68. The summed E-state index contributed by atoms with van der Waals surface area (Å²) < 4.78 is 1.09. The highest BCUT2D eigenvalue weighted by Gasteiger charge is 2.06. The van der Waals surface area contributed by atoms with Crippen LogP contribution in [0, 0.1) is 11.8 Å². The van der Waals surface area contributed by atoms with Crippen LogP contribution in [0.5, 0.6) is 0 Å². The number of carbonyl (C=O) groups excluding carboxylic acids is 1. The molecule has 108 valence electrons. The Morgan fingerprint density at radius 1 is 1.38 bits per heavy atom. The van der Waals surface area contributed by atoms with Crippen molar-refractivity contribution >= 4 is 33.2 Å². The van der Waals surface area contributed by atoms with Crippen molar-refractivity contribution < 1.29 is 9.90 Å². The van der Waals surface area contributed by atoms with Crippen molar-refractivity contribution in [1.82, 2.24) is 10.3 Å². The number of amides is 1. The van der Waals surface area contributed by atoms with Crippen LogP contribution < -0.4 is 5.32 Å². The molecule has 0 spiro atoms. The molecule has 0 aliphatic rings. The third-order valence-electron chi connectivity index (χ3n) is 2.59. The van der Waals surface area contributed by atoms with Gasteiger partial charge in [0.15, 0.2) is 0 Å². The average molecular weight is 365 g/mol. The number of aliphatic hydroxyl groups is 1. The van der Waals surface area contributed by atoms with Crippen LogP contribution in [0.4, 0.5) is 0 Å². The number of hydrogen-bond donors (Lipinski definition) is 2. The van der Waals surface area contributed by atoms with E-state index in [9.17, 15) is 4.79 Å². The highest BCUT2D eigenvalue weighted by atomic mass is 79.9. The molecule has 4 nitrogen and oxygen atoms in total. The fraction of sp³-hybridized carbons (Fsp3) is 0.200. The van der Waals surface area contributed by atoms with Crippen molar-refractivity contribution in [1.29, 1.82) is 0 Å². The van der Waals surface area contributed by atoms with Crippen molar-refractivity contribution in [3.8, 4) is 11.8 Å². The number of nitrogens with zero attached hydrogens (tertiary/aromatic N) is 1. The Morgan fingerprint density at radius 3 is 2.86 bits per heavy atom. The SMILES string of the molecule is O=C(NCCc1ccc(Br)s1)c1ccc(C#CCO)cn1. The third-order valence-corrected chi connectivity index (χ3v) is 4.28. The molecule has 21 heavy (non-hydrogen) atoms. The number of hydrogen-bond acceptors (Lipinski definition) is 4. The Morgan fingerprint density at radius 2 is 2.24 bits per heavy atom. The van der Waals surface area contributed by atoms with Gasteiger partial charge >= 0.3 is 0 Å². The van der Waals surface area contributed by atoms with Crippen LogP contribution in [0.15, 0.2) is 34.2 Å². The molecule has 6 heteroatoms. The summed E-state index contributed by atoms with van der Waals surface area (Å²) in [6, 6.07) is 7.36. The largest absolute Gasteiger partial charge is 0.384 e. The van der Waals surface area contributed by atoms with Crippen molar-refractivity contribution in [3.63, 3.8) is 0 Å². The molecule has 0 bridgehead atoms. The lowest BCUT2D eigenvalue weighted by atomic mass is 10.2. The van der Waals surface area contributed by atoms with Gasteiger partial charge in [-0.2, -0.15) is 0 Å². The van der Waals surface area contributed by atoms with E-state index in [1.807, 2.05) is 12.1 Å². The smallest absolute Gasteiger partial charge is 0.269 e. The summed E-state index contributed by atoms with van der Waals surface area (Å²) in [5.41, 5.74) is 1.03. The van der Waals surface area contributed by atoms with Gasteiger partial charge in [-0.3, -0.25) is 4.79 Å². The number of aliphatic hydroxyl groups excluding tert-OH is 1. The van der Waals surface area contributed by atoms with Crippen molar-refractivity contribution in [2.75, 3.05) is 13.2 Å². The van der Waals surface area contributed by atoms with Gasteiger partial charge in [-0.25, -0.2) is 4.98 Å². The number of thiophene rings is 1. The fourth-order valence-electron chi connectivity index (χ4n) is 1.62. The van der Waals surface area contributed by atoms with Crippen LogP contribution in [0.1, 0.15) is 20.9 Å². The van der Waals surface area contributed by atoms with Gasteiger partial charge < -0.3 is 10.4 Å².